The van der Waals surface area contributed by atoms with Crippen molar-refractivity contribution in [2.75, 3.05) is 5.32 Å². The van der Waals surface area contributed by atoms with Crippen LogP contribution in [0.1, 0.15) is 33.9 Å². The first kappa shape index (κ1) is 31.2. The molecule has 0 aliphatic carbocycles. The molecule has 0 fully saturated rings. The van der Waals surface area contributed by atoms with Gasteiger partial charge in [-0.05, 0) is 65.2 Å². The second kappa shape index (κ2) is 14.5. The van der Waals surface area contributed by atoms with Crippen molar-refractivity contribution in [2.45, 2.75) is 18.9 Å². The number of aliphatic carboxylic acids is 1. The molecule has 5 rings (SSSR count). The molecule has 1 atom stereocenters. The van der Waals surface area contributed by atoms with E-state index >= 15 is 0 Å². The Bertz CT molecular complexity index is 1810. The lowest BCUT2D eigenvalue weighted by molar-refractivity contribution is -0.137. The summed E-state index contributed by atoms with van der Waals surface area (Å²) in [6.07, 6.45) is -0.385. The number of carboxylic acid groups (broad SMARTS) is 1. The van der Waals surface area contributed by atoms with Crippen LogP contribution in [-0.2, 0) is 16.0 Å². The van der Waals surface area contributed by atoms with Crippen molar-refractivity contribution < 1.29 is 28.6 Å². The Morgan fingerprint density at radius 1 is 0.822 bits per heavy atom. The van der Waals surface area contributed by atoms with Crippen LogP contribution in [0.3, 0.4) is 0 Å². The zero-order chi connectivity index (χ0) is 31.8. The average molecular weight is 668 g/mol. The quantitative estimate of drug-likeness (QED) is 0.132. The number of rotatable bonds is 11. The van der Waals surface area contributed by atoms with E-state index in [1.807, 2.05) is 66.7 Å². The number of halogens is 2. The number of carbonyl (C=O) groups is 3. The van der Waals surface area contributed by atoms with Crippen molar-refractivity contribution in [3.63, 3.8) is 0 Å². The molecule has 5 aromatic rings. The van der Waals surface area contributed by atoms with Crippen molar-refractivity contribution >= 4 is 39.4 Å². The first-order valence-electron chi connectivity index (χ1n) is 14.0. The van der Waals surface area contributed by atoms with Gasteiger partial charge >= 0.3 is 5.97 Å². The third-order valence-electron chi connectivity index (χ3n) is 6.94. The first-order valence-corrected chi connectivity index (χ1v) is 14.8. The lowest BCUT2D eigenvalue weighted by Crippen LogP contribution is -2.31. The van der Waals surface area contributed by atoms with Gasteiger partial charge in [-0.1, -0.05) is 88.7 Å². The smallest absolute Gasteiger partial charge is 0.305 e. The lowest BCUT2D eigenvalue weighted by Gasteiger charge is -2.20. The van der Waals surface area contributed by atoms with E-state index in [4.69, 9.17) is 4.74 Å². The van der Waals surface area contributed by atoms with Crippen molar-refractivity contribution in [1.29, 1.82) is 0 Å². The summed E-state index contributed by atoms with van der Waals surface area (Å²) in [6.45, 7) is 0. The van der Waals surface area contributed by atoms with Crippen molar-refractivity contribution in [3.8, 4) is 22.6 Å². The van der Waals surface area contributed by atoms with Gasteiger partial charge in [0.1, 0.15) is 17.3 Å². The lowest BCUT2D eigenvalue weighted by atomic mass is 9.98. The Morgan fingerprint density at radius 3 is 2.22 bits per heavy atom. The molecule has 2 amide bonds. The fourth-order valence-corrected chi connectivity index (χ4v) is 5.12. The van der Waals surface area contributed by atoms with Crippen LogP contribution in [-0.4, -0.2) is 22.9 Å². The standard InChI is InChI=1S/C36H28BrFN2O5/c37-26-16-19-31(39-34(41)20-23-10-17-27(38)18-11-23)30(21-26)36(44)40-32(22-35(42)43)25-14-12-24(13-15-25)29-8-4-5-9-33(29)45-28-6-2-1-3-7-28/h1-19,21,32H,20,22H2,(H,39,41)(H,40,44)(H,42,43). The van der Waals surface area contributed by atoms with Crippen LogP contribution in [0.15, 0.2) is 126 Å². The number of amides is 2. The number of ether oxygens (including phenoxy) is 1. The third kappa shape index (κ3) is 8.43. The summed E-state index contributed by atoms with van der Waals surface area (Å²) in [5, 5.41) is 15.2. The summed E-state index contributed by atoms with van der Waals surface area (Å²) in [4.78, 5) is 38.1. The van der Waals surface area contributed by atoms with E-state index in [-0.39, 0.29) is 24.1 Å². The van der Waals surface area contributed by atoms with E-state index in [2.05, 4.69) is 26.6 Å². The molecule has 0 spiro atoms. The topological polar surface area (TPSA) is 105 Å². The van der Waals surface area contributed by atoms with Gasteiger partial charge in [0.25, 0.3) is 5.91 Å². The highest BCUT2D eigenvalue weighted by molar-refractivity contribution is 9.10. The van der Waals surface area contributed by atoms with Gasteiger partial charge in [-0.2, -0.15) is 0 Å². The normalized spacial score (nSPS) is 11.3. The predicted molar refractivity (Wildman–Crippen MR) is 174 cm³/mol. The molecule has 1 unspecified atom stereocenters. The van der Waals surface area contributed by atoms with Gasteiger partial charge in [0.15, 0.2) is 0 Å². The number of hydrogen-bond donors (Lipinski definition) is 3. The van der Waals surface area contributed by atoms with E-state index < -0.39 is 29.6 Å². The third-order valence-corrected chi connectivity index (χ3v) is 7.44. The number of nitrogens with one attached hydrogen (secondary N) is 2. The van der Waals surface area contributed by atoms with Gasteiger partial charge in [-0.15, -0.1) is 0 Å². The molecule has 0 saturated heterocycles. The molecule has 9 heteroatoms. The fourth-order valence-electron chi connectivity index (χ4n) is 4.76. The van der Waals surface area contributed by atoms with Gasteiger partial charge in [-0.25, -0.2) is 4.39 Å². The maximum absolute atomic E-state index is 13.5. The number of para-hydroxylation sites is 2. The molecule has 226 valence electrons. The van der Waals surface area contributed by atoms with Crippen LogP contribution < -0.4 is 15.4 Å². The highest BCUT2D eigenvalue weighted by Crippen LogP contribution is 2.34. The van der Waals surface area contributed by atoms with Crippen LogP contribution in [0.4, 0.5) is 10.1 Å². The van der Waals surface area contributed by atoms with Crippen molar-refractivity contribution in [3.05, 3.63) is 148 Å². The van der Waals surface area contributed by atoms with Gasteiger partial charge in [0, 0.05) is 10.0 Å². The Morgan fingerprint density at radius 2 is 1.51 bits per heavy atom. The summed E-state index contributed by atoms with van der Waals surface area (Å²) in [7, 11) is 0. The van der Waals surface area contributed by atoms with Crippen LogP contribution in [0.5, 0.6) is 11.5 Å². The van der Waals surface area contributed by atoms with E-state index in [1.54, 1.807) is 30.3 Å². The van der Waals surface area contributed by atoms with Crippen molar-refractivity contribution in [2.24, 2.45) is 0 Å². The van der Waals surface area contributed by atoms with E-state index in [0.717, 1.165) is 11.1 Å². The van der Waals surface area contributed by atoms with E-state index in [9.17, 15) is 23.9 Å². The van der Waals surface area contributed by atoms with Crippen LogP contribution in [0, 0.1) is 5.82 Å². The minimum Gasteiger partial charge on any atom is -0.481 e. The molecule has 0 radical (unpaired) electrons. The predicted octanol–water partition coefficient (Wildman–Crippen LogP) is 8.17. The zero-order valence-corrected chi connectivity index (χ0v) is 25.5. The van der Waals surface area contributed by atoms with Crippen LogP contribution in [0.25, 0.3) is 11.1 Å². The maximum Gasteiger partial charge on any atom is 0.305 e. The molecule has 3 N–H and O–H groups in total. The number of anilines is 1. The van der Waals surface area contributed by atoms with E-state index in [1.165, 1.54) is 24.3 Å². The molecule has 0 aliphatic rings. The fraction of sp³-hybridized carbons (Fsp3) is 0.0833. The molecule has 0 bridgehead atoms. The highest BCUT2D eigenvalue weighted by atomic mass is 79.9. The maximum atomic E-state index is 13.5. The van der Waals surface area contributed by atoms with Gasteiger partial charge < -0.3 is 20.5 Å². The van der Waals surface area contributed by atoms with Crippen LogP contribution >= 0.6 is 15.9 Å². The molecule has 0 saturated carbocycles. The SMILES string of the molecule is O=C(O)CC(NC(=O)c1cc(Br)ccc1NC(=O)Cc1ccc(F)cc1)c1ccc(-c2ccccc2Oc2ccccc2)cc1. The second-order valence-electron chi connectivity index (χ2n) is 10.2. The first-order chi connectivity index (χ1) is 21.7. The average Bonchev–Trinajstić information content (AvgIpc) is 3.03. The molecular formula is C36H28BrFN2O5. The number of benzene rings is 5. The molecule has 0 aliphatic heterocycles. The molecule has 7 nitrogen and oxygen atoms in total. The molecule has 0 heterocycles. The Kier molecular flexibility index (Phi) is 10.0. The summed E-state index contributed by atoms with van der Waals surface area (Å²) in [5.41, 5.74) is 3.30. The monoisotopic (exact) mass is 666 g/mol. The number of hydrogen-bond acceptors (Lipinski definition) is 4. The summed E-state index contributed by atoms with van der Waals surface area (Å²) >= 11 is 3.37. The Labute approximate surface area is 267 Å². The summed E-state index contributed by atoms with van der Waals surface area (Å²) in [6, 6.07) is 33.8. The number of carboxylic acids is 1. The summed E-state index contributed by atoms with van der Waals surface area (Å²) in [5.74, 6) is -1.09. The molecular weight excluding hydrogens is 639 g/mol. The highest BCUT2D eigenvalue weighted by Gasteiger charge is 2.22. The van der Waals surface area contributed by atoms with E-state index in [0.29, 0.717) is 27.1 Å². The molecule has 45 heavy (non-hydrogen) atoms. The zero-order valence-electron chi connectivity index (χ0n) is 23.9. The van der Waals surface area contributed by atoms with Gasteiger partial charge in [-0.3, -0.25) is 14.4 Å². The minimum absolute atomic E-state index is 0.0229. The van der Waals surface area contributed by atoms with Crippen molar-refractivity contribution in [1.82, 2.24) is 5.32 Å². The van der Waals surface area contributed by atoms with Crippen LogP contribution in [0.2, 0.25) is 0 Å². The minimum atomic E-state index is -1.09. The Hall–Kier alpha value is -5.28. The Balaban J connectivity index is 1.35. The van der Waals surface area contributed by atoms with Gasteiger partial charge in [0.2, 0.25) is 5.91 Å². The molecule has 5 aromatic carbocycles. The number of carbonyl (C=O) groups excluding carboxylic acids is 2. The molecule has 0 aromatic heterocycles. The largest absolute Gasteiger partial charge is 0.481 e. The van der Waals surface area contributed by atoms with Gasteiger partial charge in [0.05, 0.1) is 30.1 Å². The second-order valence-corrected chi connectivity index (χ2v) is 11.1. The summed E-state index contributed by atoms with van der Waals surface area (Å²) < 4.78 is 19.9.